The minimum atomic E-state index is -4.24. The highest BCUT2D eigenvalue weighted by molar-refractivity contribution is 5.51. The second-order valence-electron chi connectivity index (χ2n) is 4.15. The van der Waals surface area contributed by atoms with Gasteiger partial charge in [-0.25, -0.2) is 4.98 Å². The molecular weight excluding hydrogens is 243 g/mol. The molecule has 6 heteroatoms. The van der Waals surface area contributed by atoms with E-state index in [1.807, 2.05) is 0 Å². The highest BCUT2D eigenvalue weighted by Gasteiger charge is 2.27. The van der Waals surface area contributed by atoms with Gasteiger partial charge in [-0.1, -0.05) is 0 Å². The Morgan fingerprint density at radius 3 is 2.56 bits per heavy atom. The first-order valence-corrected chi connectivity index (χ1v) is 5.31. The van der Waals surface area contributed by atoms with Gasteiger partial charge in [0.05, 0.1) is 18.4 Å². The van der Waals surface area contributed by atoms with Gasteiger partial charge in [0.25, 0.3) is 0 Å². The van der Waals surface area contributed by atoms with Crippen LogP contribution in [0.3, 0.4) is 0 Å². The van der Waals surface area contributed by atoms with Crippen molar-refractivity contribution in [2.45, 2.75) is 19.5 Å². The summed E-state index contributed by atoms with van der Waals surface area (Å²) >= 11 is 0. The van der Waals surface area contributed by atoms with E-state index >= 15 is 0 Å². The Bertz CT molecular complexity index is 558. The van der Waals surface area contributed by atoms with Crippen LogP contribution in [0.1, 0.15) is 11.3 Å². The number of nitrogens with zero attached hydrogens (tertiary/aromatic N) is 2. The number of hydrogen-bond donors (Lipinski definition) is 1. The van der Waals surface area contributed by atoms with Gasteiger partial charge in [0.1, 0.15) is 0 Å². The second kappa shape index (κ2) is 4.36. The molecule has 2 rings (SSSR count). The van der Waals surface area contributed by atoms with Crippen LogP contribution in [0.4, 0.5) is 18.9 Å². The molecule has 1 aromatic carbocycles. The molecule has 0 aliphatic carbocycles. The summed E-state index contributed by atoms with van der Waals surface area (Å²) in [6.45, 7) is 1.80. The van der Waals surface area contributed by atoms with Crippen LogP contribution in [-0.4, -0.2) is 15.7 Å². The quantitative estimate of drug-likeness (QED) is 0.838. The molecule has 0 unspecified atom stereocenters. The van der Waals surface area contributed by atoms with Crippen molar-refractivity contribution in [3.05, 3.63) is 42.0 Å². The van der Waals surface area contributed by atoms with E-state index in [0.717, 1.165) is 5.69 Å². The Balaban J connectivity index is 2.38. The number of halogens is 3. The molecule has 18 heavy (non-hydrogen) atoms. The van der Waals surface area contributed by atoms with Gasteiger partial charge in [0.15, 0.2) is 0 Å². The van der Waals surface area contributed by atoms with Crippen molar-refractivity contribution in [3.63, 3.8) is 0 Å². The van der Waals surface area contributed by atoms with Crippen LogP contribution >= 0.6 is 0 Å². The lowest BCUT2D eigenvalue weighted by atomic mass is 10.1. The van der Waals surface area contributed by atoms with Gasteiger partial charge in [-0.3, -0.25) is 0 Å². The third-order valence-electron chi connectivity index (χ3n) is 2.41. The number of aromatic nitrogens is 2. The number of alkyl halides is 3. The van der Waals surface area contributed by atoms with Crippen molar-refractivity contribution in [2.75, 3.05) is 5.73 Å². The fraction of sp³-hybridized carbons (Fsp3) is 0.250. The highest BCUT2D eigenvalue weighted by atomic mass is 19.4. The number of anilines is 1. The number of nitrogen functional groups attached to an aromatic ring is 1. The molecule has 96 valence electrons. The zero-order valence-electron chi connectivity index (χ0n) is 9.70. The summed E-state index contributed by atoms with van der Waals surface area (Å²) in [6.07, 6.45) is -1.96. The first kappa shape index (κ1) is 12.5. The minimum Gasteiger partial charge on any atom is -0.399 e. The lowest BCUT2D eigenvalue weighted by Gasteiger charge is -2.10. The molecule has 0 saturated heterocycles. The molecular formula is C12H12F3N3. The Morgan fingerprint density at radius 1 is 1.28 bits per heavy atom. The lowest BCUT2D eigenvalue weighted by molar-refractivity contribution is -0.127. The second-order valence-corrected chi connectivity index (χ2v) is 4.15. The van der Waals surface area contributed by atoms with Crippen LogP contribution in [0.15, 0.2) is 30.7 Å². The fourth-order valence-electron chi connectivity index (χ4n) is 1.74. The number of nitrogens with two attached hydrogens (primary N) is 1. The lowest BCUT2D eigenvalue weighted by Crippen LogP contribution is -2.12. The van der Waals surface area contributed by atoms with Crippen LogP contribution in [0.5, 0.6) is 0 Å². The molecule has 0 aliphatic rings. The average Bonchev–Trinajstić information content (AvgIpc) is 2.61. The molecule has 3 nitrogen and oxygen atoms in total. The van der Waals surface area contributed by atoms with E-state index in [1.165, 1.54) is 12.1 Å². The van der Waals surface area contributed by atoms with Crippen molar-refractivity contribution in [1.82, 2.24) is 9.55 Å². The highest BCUT2D eigenvalue weighted by Crippen LogP contribution is 2.24. The third kappa shape index (κ3) is 3.03. The molecule has 2 aromatic rings. The van der Waals surface area contributed by atoms with E-state index in [2.05, 4.69) is 4.98 Å². The van der Waals surface area contributed by atoms with E-state index in [0.29, 0.717) is 11.4 Å². The van der Waals surface area contributed by atoms with Crippen LogP contribution in [0.25, 0.3) is 5.69 Å². The topological polar surface area (TPSA) is 43.8 Å². The normalized spacial score (nSPS) is 11.8. The number of aryl methyl sites for hydroxylation is 1. The zero-order valence-corrected chi connectivity index (χ0v) is 9.70. The molecule has 0 fully saturated rings. The molecule has 0 bridgehead atoms. The number of benzene rings is 1. The van der Waals surface area contributed by atoms with Crippen molar-refractivity contribution in [1.29, 1.82) is 0 Å². The van der Waals surface area contributed by atoms with Crippen molar-refractivity contribution >= 4 is 5.69 Å². The zero-order chi connectivity index (χ0) is 13.3. The SMILES string of the molecule is Cc1cn(-c2cc(N)cc(CC(F)(F)F)c2)cn1. The molecule has 2 N–H and O–H groups in total. The molecule has 0 aliphatic heterocycles. The number of rotatable bonds is 2. The van der Waals surface area contributed by atoms with Gasteiger partial charge in [0, 0.05) is 17.6 Å². The van der Waals surface area contributed by atoms with Crippen molar-refractivity contribution in [3.8, 4) is 5.69 Å². The molecule has 0 radical (unpaired) electrons. The molecule has 1 heterocycles. The first-order chi connectivity index (χ1) is 8.33. The molecule has 0 atom stereocenters. The summed E-state index contributed by atoms with van der Waals surface area (Å²) in [7, 11) is 0. The Kier molecular flexibility index (Phi) is 3.02. The summed E-state index contributed by atoms with van der Waals surface area (Å²) < 4.78 is 38.7. The van der Waals surface area contributed by atoms with Gasteiger partial charge in [0.2, 0.25) is 0 Å². The van der Waals surface area contributed by atoms with Crippen LogP contribution in [-0.2, 0) is 6.42 Å². The van der Waals surface area contributed by atoms with E-state index in [-0.39, 0.29) is 5.56 Å². The number of imidazole rings is 1. The van der Waals surface area contributed by atoms with Crippen molar-refractivity contribution < 1.29 is 13.2 Å². The van der Waals surface area contributed by atoms with Crippen LogP contribution in [0.2, 0.25) is 0 Å². The molecule has 0 saturated carbocycles. The predicted octanol–water partition coefficient (Wildman–Crippen LogP) is 2.87. The van der Waals surface area contributed by atoms with Gasteiger partial charge in [-0.05, 0) is 30.7 Å². The van der Waals surface area contributed by atoms with Gasteiger partial charge < -0.3 is 10.3 Å². The standard InChI is InChI=1S/C12H12F3N3/c1-8-6-18(7-17-8)11-3-9(2-10(16)4-11)5-12(13,14)15/h2-4,6-7H,5,16H2,1H3. The van der Waals surface area contributed by atoms with Crippen molar-refractivity contribution in [2.24, 2.45) is 0 Å². The summed E-state index contributed by atoms with van der Waals surface area (Å²) in [5, 5.41) is 0. The molecule has 0 amide bonds. The minimum absolute atomic E-state index is 0.142. The van der Waals surface area contributed by atoms with Gasteiger partial charge in [-0.15, -0.1) is 0 Å². The van der Waals surface area contributed by atoms with E-state index in [9.17, 15) is 13.2 Å². The van der Waals surface area contributed by atoms with Gasteiger partial charge in [-0.2, -0.15) is 13.2 Å². The summed E-state index contributed by atoms with van der Waals surface area (Å²) in [5.74, 6) is 0. The predicted molar refractivity (Wildman–Crippen MR) is 62.5 cm³/mol. The summed E-state index contributed by atoms with van der Waals surface area (Å²) in [5.41, 5.74) is 7.43. The summed E-state index contributed by atoms with van der Waals surface area (Å²) in [4.78, 5) is 4.03. The average molecular weight is 255 g/mol. The summed E-state index contributed by atoms with van der Waals surface area (Å²) in [6, 6.07) is 4.41. The van der Waals surface area contributed by atoms with E-state index in [1.54, 1.807) is 30.1 Å². The maximum Gasteiger partial charge on any atom is 0.393 e. The molecule has 1 aromatic heterocycles. The maximum absolute atomic E-state index is 12.4. The number of hydrogen-bond acceptors (Lipinski definition) is 2. The van der Waals surface area contributed by atoms with E-state index < -0.39 is 12.6 Å². The Labute approximate surface area is 102 Å². The first-order valence-electron chi connectivity index (χ1n) is 5.31. The Hall–Kier alpha value is -1.98. The van der Waals surface area contributed by atoms with Crippen LogP contribution in [0, 0.1) is 6.92 Å². The third-order valence-corrected chi connectivity index (χ3v) is 2.41. The smallest absolute Gasteiger partial charge is 0.393 e. The largest absolute Gasteiger partial charge is 0.399 e. The maximum atomic E-state index is 12.4. The van der Waals surface area contributed by atoms with Crippen LogP contribution < -0.4 is 5.73 Å². The molecule has 0 spiro atoms. The fourth-order valence-corrected chi connectivity index (χ4v) is 1.74. The monoisotopic (exact) mass is 255 g/mol. The van der Waals surface area contributed by atoms with Gasteiger partial charge >= 0.3 is 6.18 Å². The Morgan fingerprint density at radius 2 is 2.00 bits per heavy atom. The van der Waals surface area contributed by atoms with E-state index in [4.69, 9.17) is 5.73 Å².